The summed E-state index contributed by atoms with van der Waals surface area (Å²) >= 11 is 0. The molecule has 34 heavy (non-hydrogen) atoms. The van der Waals surface area contributed by atoms with Crippen LogP contribution in [0.5, 0.6) is 0 Å². The number of nitrogens with zero attached hydrogens (tertiary/aromatic N) is 2. The van der Waals surface area contributed by atoms with E-state index in [1.165, 1.54) is 12.3 Å². The fourth-order valence-electron chi connectivity index (χ4n) is 4.17. The van der Waals surface area contributed by atoms with Gasteiger partial charge in [-0.25, -0.2) is 9.18 Å². The summed E-state index contributed by atoms with van der Waals surface area (Å²) in [5.41, 5.74) is 4.37. The molecule has 0 saturated carbocycles. The third-order valence-electron chi connectivity index (χ3n) is 6.10. The Hall–Kier alpha value is -3.26. The molecule has 4 N–H and O–H groups in total. The Bertz CT molecular complexity index is 1030. The first-order chi connectivity index (χ1) is 16.6. The van der Waals surface area contributed by atoms with E-state index in [2.05, 4.69) is 27.8 Å². The number of hydrogen-bond acceptors (Lipinski definition) is 4. The first-order valence-electron chi connectivity index (χ1n) is 12.0. The molecule has 0 radical (unpaired) electrons. The summed E-state index contributed by atoms with van der Waals surface area (Å²) in [5.74, 6) is -0.190. The molecular weight excluding hydrogens is 431 g/mol. The highest BCUT2D eigenvalue weighted by Crippen LogP contribution is 2.26. The highest BCUT2D eigenvalue weighted by molar-refractivity contribution is 5.87. The molecule has 1 aliphatic heterocycles. The van der Waals surface area contributed by atoms with E-state index in [1.807, 2.05) is 30.0 Å². The van der Waals surface area contributed by atoms with E-state index in [9.17, 15) is 9.18 Å². The van der Waals surface area contributed by atoms with Crippen LogP contribution in [0.3, 0.4) is 0 Å². The summed E-state index contributed by atoms with van der Waals surface area (Å²) in [5, 5.41) is 21.4. The monoisotopic (exact) mass is 466 g/mol. The minimum absolute atomic E-state index is 0.0624. The summed E-state index contributed by atoms with van der Waals surface area (Å²) in [6.07, 6.45) is 10.1. The molecule has 0 aliphatic carbocycles. The molecule has 0 spiro atoms. The molecule has 182 valence electrons. The van der Waals surface area contributed by atoms with Crippen molar-refractivity contribution in [3.8, 4) is 0 Å². The number of hydrogen-bond donors (Lipinski definition) is 4. The zero-order valence-electron chi connectivity index (χ0n) is 20.0. The van der Waals surface area contributed by atoms with Gasteiger partial charge in [0.05, 0.1) is 12.2 Å². The largest absolute Gasteiger partial charge is 0.335 e. The van der Waals surface area contributed by atoms with Crippen molar-refractivity contribution in [2.75, 3.05) is 13.1 Å². The molecule has 1 unspecified atom stereocenters. The van der Waals surface area contributed by atoms with Crippen LogP contribution >= 0.6 is 0 Å². The quantitative estimate of drug-likeness (QED) is 0.222. The second kappa shape index (κ2) is 12.8. The van der Waals surface area contributed by atoms with Gasteiger partial charge in [0.1, 0.15) is 5.82 Å². The molecule has 0 fully saturated rings. The number of benzene rings is 1. The zero-order chi connectivity index (χ0) is 24.3. The summed E-state index contributed by atoms with van der Waals surface area (Å²) in [4.78, 5) is 14.8. The van der Waals surface area contributed by atoms with Gasteiger partial charge in [-0.3, -0.25) is 5.10 Å². The van der Waals surface area contributed by atoms with Gasteiger partial charge in [0, 0.05) is 54.2 Å². The standard InChI is InChI=1S/C26H35FN6O/c1-3-8-19(12-14-28)25-22-18-33(16-13-24(22)31-32-25)26(34)30-21(4-2)10-7-15-29-17-20-9-5-6-11-23(20)27/h3,5-6,8-9,11-12,14,21,28-29H,4,7,10,13,15-18H2,1-2H3,(H,30,34)(H,31,32)/b8-3+,19-12+,28-14?. The predicted molar refractivity (Wildman–Crippen MR) is 134 cm³/mol. The molecule has 8 heteroatoms. The second-order valence-electron chi connectivity index (χ2n) is 8.45. The maximum absolute atomic E-state index is 13.7. The summed E-state index contributed by atoms with van der Waals surface area (Å²) in [6, 6.07) is 6.82. The van der Waals surface area contributed by atoms with Crippen molar-refractivity contribution in [2.24, 2.45) is 0 Å². The number of fused-ring (bicyclic) bond motifs is 1. The van der Waals surface area contributed by atoms with Crippen LogP contribution in [0.15, 0.2) is 42.5 Å². The van der Waals surface area contributed by atoms with Gasteiger partial charge in [-0.15, -0.1) is 0 Å². The van der Waals surface area contributed by atoms with E-state index in [0.717, 1.165) is 54.8 Å². The van der Waals surface area contributed by atoms with Crippen LogP contribution < -0.4 is 10.6 Å². The Balaban J connectivity index is 1.50. The fraction of sp³-hybridized carbons (Fsp3) is 0.423. The average molecular weight is 467 g/mol. The minimum Gasteiger partial charge on any atom is -0.335 e. The maximum atomic E-state index is 13.7. The Morgan fingerprint density at radius 2 is 2.21 bits per heavy atom. The lowest BCUT2D eigenvalue weighted by molar-refractivity contribution is 0.186. The third kappa shape index (κ3) is 6.63. The average Bonchev–Trinajstić information content (AvgIpc) is 3.27. The molecule has 3 rings (SSSR count). The van der Waals surface area contributed by atoms with Crippen LogP contribution in [0.4, 0.5) is 9.18 Å². The van der Waals surface area contributed by atoms with Gasteiger partial charge < -0.3 is 20.9 Å². The molecule has 2 aromatic rings. The minimum atomic E-state index is -0.190. The number of nitrogens with one attached hydrogen (secondary N) is 4. The van der Waals surface area contributed by atoms with Crippen LogP contribution in [-0.4, -0.2) is 46.5 Å². The summed E-state index contributed by atoms with van der Waals surface area (Å²) in [6.45, 7) is 6.39. The topological polar surface area (TPSA) is 96.9 Å². The molecule has 1 atom stereocenters. The smallest absolute Gasteiger partial charge is 0.317 e. The van der Waals surface area contributed by atoms with Crippen molar-refractivity contribution in [1.82, 2.24) is 25.7 Å². The Morgan fingerprint density at radius 1 is 1.38 bits per heavy atom. The predicted octanol–water partition coefficient (Wildman–Crippen LogP) is 4.57. The van der Waals surface area contributed by atoms with Gasteiger partial charge in [0.2, 0.25) is 0 Å². The van der Waals surface area contributed by atoms with Crippen molar-refractivity contribution in [1.29, 1.82) is 5.41 Å². The van der Waals surface area contributed by atoms with E-state index in [0.29, 0.717) is 25.2 Å². The fourth-order valence-corrected chi connectivity index (χ4v) is 4.17. The van der Waals surface area contributed by atoms with Gasteiger partial charge in [-0.2, -0.15) is 5.10 Å². The van der Waals surface area contributed by atoms with Gasteiger partial charge >= 0.3 is 6.03 Å². The number of H-pyrrole nitrogens is 1. The molecule has 0 saturated heterocycles. The van der Waals surface area contributed by atoms with Crippen molar-refractivity contribution >= 4 is 17.8 Å². The molecule has 0 bridgehead atoms. The number of urea groups is 1. The lowest BCUT2D eigenvalue weighted by Crippen LogP contribution is -2.46. The van der Waals surface area contributed by atoms with Crippen LogP contribution in [0.1, 0.15) is 55.6 Å². The molecule has 1 aromatic carbocycles. The van der Waals surface area contributed by atoms with E-state index >= 15 is 0 Å². The van der Waals surface area contributed by atoms with Crippen molar-refractivity contribution in [3.63, 3.8) is 0 Å². The zero-order valence-corrected chi connectivity index (χ0v) is 20.0. The Kier molecular flexibility index (Phi) is 9.58. The van der Waals surface area contributed by atoms with Crippen LogP contribution in [0.25, 0.3) is 5.57 Å². The first kappa shape index (κ1) is 25.4. The highest BCUT2D eigenvalue weighted by atomic mass is 19.1. The van der Waals surface area contributed by atoms with E-state index in [-0.39, 0.29) is 17.9 Å². The number of aromatic amines is 1. The number of allylic oxidation sites excluding steroid dienone is 4. The van der Waals surface area contributed by atoms with Crippen LogP contribution in [0.2, 0.25) is 0 Å². The van der Waals surface area contributed by atoms with Crippen LogP contribution in [0, 0.1) is 11.2 Å². The number of carbonyl (C=O) groups is 1. The van der Waals surface area contributed by atoms with Gasteiger partial charge in [-0.05, 0) is 44.9 Å². The maximum Gasteiger partial charge on any atom is 0.317 e. The van der Waals surface area contributed by atoms with Crippen molar-refractivity contribution < 1.29 is 9.18 Å². The summed E-state index contributed by atoms with van der Waals surface area (Å²) < 4.78 is 13.7. The number of carbonyl (C=O) groups excluding carboxylic acids is 1. The molecule has 1 aliphatic rings. The van der Waals surface area contributed by atoms with Gasteiger partial charge in [0.15, 0.2) is 0 Å². The second-order valence-corrected chi connectivity index (χ2v) is 8.45. The van der Waals surface area contributed by atoms with Crippen molar-refractivity contribution in [2.45, 2.75) is 58.7 Å². The lowest BCUT2D eigenvalue weighted by Gasteiger charge is -2.29. The van der Waals surface area contributed by atoms with E-state index < -0.39 is 0 Å². The van der Waals surface area contributed by atoms with Crippen molar-refractivity contribution in [3.05, 3.63) is 70.8 Å². The SMILES string of the molecule is C/C=C/C(=C\C=N)c1n[nH]c2c1CN(C(=O)NC(CC)CCCNCc1ccccc1F)CC2. The molecule has 7 nitrogen and oxygen atoms in total. The number of rotatable bonds is 11. The Labute approximate surface area is 201 Å². The number of halogens is 1. The number of amides is 2. The van der Waals surface area contributed by atoms with E-state index in [4.69, 9.17) is 5.41 Å². The Morgan fingerprint density at radius 3 is 2.94 bits per heavy atom. The summed E-state index contributed by atoms with van der Waals surface area (Å²) in [7, 11) is 0. The van der Waals surface area contributed by atoms with Crippen LogP contribution in [-0.2, 0) is 19.5 Å². The van der Waals surface area contributed by atoms with Gasteiger partial charge in [0.25, 0.3) is 0 Å². The highest BCUT2D eigenvalue weighted by Gasteiger charge is 2.26. The van der Waals surface area contributed by atoms with Gasteiger partial charge in [-0.1, -0.05) is 37.3 Å². The molecule has 2 heterocycles. The molecular formula is C26H35FN6O. The number of aromatic nitrogens is 2. The first-order valence-corrected chi connectivity index (χ1v) is 12.0. The molecule has 1 aromatic heterocycles. The molecule has 2 amide bonds. The lowest BCUT2D eigenvalue weighted by atomic mass is 10.0. The van der Waals surface area contributed by atoms with E-state index in [1.54, 1.807) is 18.2 Å². The third-order valence-corrected chi connectivity index (χ3v) is 6.10. The normalized spacial score (nSPS) is 14.8.